The number of pyridine rings is 1. The zero-order valence-corrected chi connectivity index (χ0v) is 10.6. The summed E-state index contributed by atoms with van der Waals surface area (Å²) in [4.78, 5) is 19.4. The van der Waals surface area contributed by atoms with Gasteiger partial charge >= 0.3 is 5.97 Å². The topological polar surface area (TPSA) is 82.7 Å². The molecule has 1 aromatic rings. The molecule has 1 saturated heterocycles. The third-order valence-corrected chi connectivity index (χ3v) is 3.37. The average molecular weight is 250 g/mol. The van der Waals surface area contributed by atoms with Gasteiger partial charge in [0, 0.05) is 19.1 Å². The number of hydrogen-bond acceptors (Lipinski definition) is 5. The van der Waals surface area contributed by atoms with E-state index in [1.807, 2.05) is 14.1 Å². The first kappa shape index (κ1) is 12.6. The van der Waals surface area contributed by atoms with E-state index in [4.69, 9.17) is 5.73 Å². The molecule has 1 unspecified atom stereocenters. The highest BCUT2D eigenvalue weighted by Crippen LogP contribution is 2.26. The number of nitrogens with two attached hydrogens (primary N) is 1. The zero-order valence-electron chi connectivity index (χ0n) is 10.6. The number of aromatic nitrogens is 1. The zero-order chi connectivity index (χ0) is 13.3. The van der Waals surface area contributed by atoms with Crippen LogP contribution >= 0.6 is 0 Å². The minimum absolute atomic E-state index is 0.224. The smallest absolute Gasteiger partial charge is 0.338 e. The lowest BCUT2D eigenvalue weighted by Crippen LogP contribution is -2.32. The summed E-state index contributed by atoms with van der Waals surface area (Å²) in [5.74, 6) is -0.730. The molecular formula is C12H18N4O2. The largest absolute Gasteiger partial charge is 0.478 e. The Labute approximate surface area is 106 Å². The van der Waals surface area contributed by atoms with Crippen molar-refractivity contribution in [1.82, 2.24) is 9.88 Å². The Kier molecular flexibility index (Phi) is 3.38. The molecule has 1 aliphatic rings. The lowest BCUT2D eigenvalue weighted by Gasteiger charge is -2.22. The molecule has 2 rings (SSSR count). The molecule has 98 valence electrons. The number of nitrogens with zero attached hydrogens (tertiary/aromatic N) is 3. The lowest BCUT2D eigenvalue weighted by molar-refractivity contribution is 0.0697. The highest BCUT2D eigenvalue weighted by Gasteiger charge is 2.27. The summed E-state index contributed by atoms with van der Waals surface area (Å²) >= 11 is 0. The van der Waals surface area contributed by atoms with E-state index in [2.05, 4.69) is 14.8 Å². The van der Waals surface area contributed by atoms with E-state index in [-0.39, 0.29) is 11.4 Å². The van der Waals surface area contributed by atoms with E-state index < -0.39 is 5.97 Å². The van der Waals surface area contributed by atoms with Gasteiger partial charge in [-0.15, -0.1) is 0 Å². The molecule has 1 aromatic heterocycles. The van der Waals surface area contributed by atoms with Gasteiger partial charge in [-0.25, -0.2) is 9.78 Å². The number of rotatable bonds is 3. The molecular weight excluding hydrogens is 232 g/mol. The van der Waals surface area contributed by atoms with Crippen LogP contribution in [0.2, 0.25) is 0 Å². The van der Waals surface area contributed by atoms with E-state index in [1.54, 1.807) is 6.20 Å². The quantitative estimate of drug-likeness (QED) is 0.813. The molecule has 1 fully saturated rings. The van der Waals surface area contributed by atoms with Crippen molar-refractivity contribution in [3.05, 3.63) is 17.8 Å². The van der Waals surface area contributed by atoms with Crippen molar-refractivity contribution >= 4 is 17.5 Å². The van der Waals surface area contributed by atoms with E-state index in [0.717, 1.165) is 19.5 Å². The minimum Gasteiger partial charge on any atom is -0.478 e. The molecule has 18 heavy (non-hydrogen) atoms. The van der Waals surface area contributed by atoms with Crippen LogP contribution in [0, 0.1) is 0 Å². The number of aromatic carboxylic acids is 1. The third-order valence-electron chi connectivity index (χ3n) is 3.37. The van der Waals surface area contributed by atoms with Crippen LogP contribution in [0.25, 0.3) is 0 Å². The fourth-order valence-corrected chi connectivity index (χ4v) is 2.27. The Morgan fingerprint density at radius 1 is 1.61 bits per heavy atom. The molecule has 0 bridgehead atoms. The monoisotopic (exact) mass is 250 g/mol. The highest BCUT2D eigenvalue weighted by molar-refractivity contribution is 5.95. The summed E-state index contributed by atoms with van der Waals surface area (Å²) in [6.07, 6.45) is 2.58. The van der Waals surface area contributed by atoms with Gasteiger partial charge in [-0.2, -0.15) is 0 Å². The van der Waals surface area contributed by atoms with Crippen LogP contribution in [0.3, 0.4) is 0 Å². The van der Waals surface area contributed by atoms with Crippen molar-refractivity contribution in [3.63, 3.8) is 0 Å². The number of carbonyl (C=O) groups is 1. The van der Waals surface area contributed by atoms with E-state index in [1.165, 1.54) is 6.07 Å². The predicted molar refractivity (Wildman–Crippen MR) is 69.9 cm³/mol. The normalized spacial score (nSPS) is 19.5. The fourth-order valence-electron chi connectivity index (χ4n) is 2.27. The second-order valence-corrected chi connectivity index (χ2v) is 4.78. The predicted octanol–water partition coefficient (Wildman–Crippen LogP) is 0.502. The first-order valence-electron chi connectivity index (χ1n) is 5.89. The second kappa shape index (κ2) is 4.81. The Hall–Kier alpha value is -1.82. The molecule has 0 spiro atoms. The maximum absolute atomic E-state index is 11.2. The number of likely N-dealkylation sites (N-methyl/N-ethyl adjacent to an activating group) is 1. The average Bonchev–Trinajstić information content (AvgIpc) is 2.78. The van der Waals surface area contributed by atoms with Gasteiger partial charge < -0.3 is 20.6 Å². The van der Waals surface area contributed by atoms with Crippen LogP contribution < -0.4 is 10.6 Å². The van der Waals surface area contributed by atoms with Crippen LogP contribution in [0.15, 0.2) is 12.3 Å². The van der Waals surface area contributed by atoms with Crippen LogP contribution in [0.5, 0.6) is 0 Å². The molecule has 3 N–H and O–H groups in total. The van der Waals surface area contributed by atoms with Crippen molar-refractivity contribution in [1.29, 1.82) is 0 Å². The van der Waals surface area contributed by atoms with Gasteiger partial charge in [0.25, 0.3) is 0 Å². The van der Waals surface area contributed by atoms with Crippen molar-refractivity contribution < 1.29 is 9.90 Å². The molecule has 0 saturated carbocycles. The molecule has 0 aliphatic carbocycles. The highest BCUT2D eigenvalue weighted by atomic mass is 16.4. The Bertz CT molecular complexity index is 461. The maximum atomic E-state index is 11.2. The van der Waals surface area contributed by atoms with Gasteiger partial charge in [-0.3, -0.25) is 0 Å². The van der Waals surface area contributed by atoms with Crippen LogP contribution in [-0.2, 0) is 0 Å². The minimum atomic E-state index is -0.965. The van der Waals surface area contributed by atoms with Gasteiger partial charge in [0.2, 0.25) is 0 Å². The van der Waals surface area contributed by atoms with E-state index in [0.29, 0.717) is 11.7 Å². The van der Waals surface area contributed by atoms with E-state index >= 15 is 0 Å². The molecule has 1 atom stereocenters. The number of hydrogen-bond donors (Lipinski definition) is 2. The number of carboxylic acids is 1. The number of carboxylic acid groups (broad SMARTS) is 1. The summed E-state index contributed by atoms with van der Waals surface area (Å²) in [5.41, 5.74) is 6.42. The van der Waals surface area contributed by atoms with Gasteiger partial charge in [0.15, 0.2) is 0 Å². The van der Waals surface area contributed by atoms with E-state index in [9.17, 15) is 9.90 Å². The summed E-state index contributed by atoms with van der Waals surface area (Å²) in [6, 6.07) is 1.87. The van der Waals surface area contributed by atoms with Gasteiger partial charge in [-0.1, -0.05) is 0 Å². The molecule has 0 aromatic carbocycles. The molecule has 1 aliphatic heterocycles. The maximum Gasteiger partial charge on any atom is 0.338 e. The van der Waals surface area contributed by atoms with Crippen molar-refractivity contribution in [2.45, 2.75) is 12.5 Å². The lowest BCUT2D eigenvalue weighted by atomic mass is 10.2. The Balaban J connectivity index is 2.27. The number of nitrogen functional groups attached to an aromatic ring is 1. The number of anilines is 2. The third kappa shape index (κ3) is 2.38. The molecule has 6 nitrogen and oxygen atoms in total. The fraction of sp³-hybridized carbons (Fsp3) is 0.500. The van der Waals surface area contributed by atoms with Crippen molar-refractivity contribution in [2.75, 3.05) is 37.8 Å². The van der Waals surface area contributed by atoms with Crippen LogP contribution in [0.4, 0.5) is 11.5 Å². The van der Waals surface area contributed by atoms with Crippen LogP contribution in [-0.4, -0.2) is 54.2 Å². The second-order valence-electron chi connectivity index (χ2n) is 4.78. The van der Waals surface area contributed by atoms with Gasteiger partial charge in [0.1, 0.15) is 5.82 Å². The van der Waals surface area contributed by atoms with Gasteiger partial charge in [-0.05, 0) is 26.6 Å². The van der Waals surface area contributed by atoms with Crippen molar-refractivity contribution in [2.24, 2.45) is 0 Å². The molecule has 0 amide bonds. The molecule has 2 heterocycles. The summed E-state index contributed by atoms with van der Waals surface area (Å²) in [7, 11) is 4.07. The molecule has 6 heteroatoms. The summed E-state index contributed by atoms with van der Waals surface area (Å²) in [6.45, 7) is 1.66. The Morgan fingerprint density at radius 2 is 2.33 bits per heavy atom. The van der Waals surface area contributed by atoms with Crippen LogP contribution in [0.1, 0.15) is 16.8 Å². The standard InChI is InChI=1S/C12H18N4O2/c1-15(2)8-3-4-16(7-8)10-6-14-11(13)5-9(10)12(17)18/h5-6,8H,3-4,7H2,1-2H3,(H2,13,14)(H,17,18). The summed E-state index contributed by atoms with van der Waals surface area (Å²) < 4.78 is 0. The Morgan fingerprint density at radius 3 is 2.89 bits per heavy atom. The first-order valence-corrected chi connectivity index (χ1v) is 5.89. The first-order chi connectivity index (χ1) is 8.49. The SMILES string of the molecule is CN(C)C1CCN(c2cnc(N)cc2C(=O)O)C1. The summed E-state index contributed by atoms with van der Waals surface area (Å²) in [5, 5.41) is 9.21. The molecule has 0 radical (unpaired) electrons. The van der Waals surface area contributed by atoms with Gasteiger partial charge in [0.05, 0.1) is 17.4 Å². The van der Waals surface area contributed by atoms with Crippen molar-refractivity contribution in [3.8, 4) is 0 Å².